The smallest absolute Gasteiger partial charge is 0.249 e. The van der Waals surface area contributed by atoms with Crippen molar-refractivity contribution >= 4 is 17.5 Å². The Morgan fingerprint density at radius 3 is 2.31 bits per heavy atom. The fraction of sp³-hybridized carbons (Fsp3) is 0.333. The van der Waals surface area contributed by atoms with Gasteiger partial charge in [0.2, 0.25) is 11.8 Å². The van der Waals surface area contributed by atoms with Crippen molar-refractivity contribution in [3.63, 3.8) is 0 Å². The van der Waals surface area contributed by atoms with Crippen LogP contribution < -0.4 is 10.6 Å². The molecule has 5 heteroatoms. The van der Waals surface area contributed by atoms with Gasteiger partial charge in [-0.2, -0.15) is 0 Å². The first-order valence-electron chi connectivity index (χ1n) is 8.91. The number of para-hydroxylation sites is 1. The molecule has 1 heterocycles. The number of carbonyl (C=O) groups is 2. The van der Waals surface area contributed by atoms with Gasteiger partial charge in [0.15, 0.2) is 0 Å². The number of likely N-dealkylation sites (N-methyl/N-ethyl adjacent to an activating group) is 1. The van der Waals surface area contributed by atoms with Crippen molar-refractivity contribution < 1.29 is 9.59 Å². The average molecular weight is 351 g/mol. The van der Waals surface area contributed by atoms with Gasteiger partial charge >= 0.3 is 0 Å². The summed E-state index contributed by atoms with van der Waals surface area (Å²) in [4.78, 5) is 29.4. The number of amides is 2. The Balaban J connectivity index is 1.81. The van der Waals surface area contributed by atoms with Gasteiger partial charge in [-0.15, -0.1) is 0 Å². The average Bonchev–Trinajstić information content (AvgIpc) is 2.68. The van der Waals surface area contributed by atoms with Crippen LogP contribution in [0.3, 0.4) is 0 Å². The lowest BCUT2D eigenvalue weighted by atomic mass is 9.90. The number of nitrogens with two attached hydrogens (primary N) is 1. The Morgan fingerprint density at radius 1 is 1.12 bits per heavy atom. The van der Waals surface area contributed by atoms with Crippen LogP contribution in [0, 0.1) is 0 Å². The molecule has 2 aromatic rings. The van der Waals surface area contributed by atoms with Crippen LogP contribution in [-0.2, 0) is 15.1 Å². The minimum Gasteiger partial charge on any atom is -0.332 e. The standard InChI is InChI=1S/C21H25N3O2/c1-21(22,16-10-5-3-6-11-16)20(26)23(2)18-14-9-15-24(19(18)25)17-12-7-4-8-13-17/h3-8,10-13,18H,9,14-15,22H2,1-2H3. The molecule has 1 aliphatic heterocycles. The lowest BCUT2D eigenvalue weighted by Crippen LogP contribution is -2.58. The zero-order valence-electron chi connectivity index (χ0n) is 15.3. The van der Waals surface area contributed by atoms with Crippen LogP contribution in [0.5, 0.6) is 0 Å². The van der Waals surface area contributed by atoms with Crippen molar-refractivity contribution in [3.8, 4) is 0 Å². The number of hydrogen-bond acceptors (Lipinski definition) is 3. The van der Waals surface area contributed by atoms with Crippen molar-refractivity contribution in [2.24, 2.45) is 5.73 Å². The zero-order chi connectivity index (χ0) is 18.7. The molecule has 26 heavy (non-hydrogen) atoms. The molecule has 1 saturated heterocycles. The minimum atomic E-state index is -1.18. The molecule has 2 aromatic carbocycles. The lowest BCUT2D eigenvalue weighted by molar-refractivity contribution is -0.143. The van der Waals surface area contributed by atoms with E-state index in [1.54, 1.807) is 18.9 Å². The Labute approximate surface area is 154 Å². The number of nitrogens with zero attached hydrogens (tertiary/aromatic N) is 2. The topological polar surface area (TPSA) is 66.6 Å². The molecule has 2 unspecified atom stereocenters. The third kappa shape index (κ3) is 3.35. The summed E-state index contributed by atoms with van der Waals surface area (Å²) in [6.07, 6.45) is 1.49. The molecule has 3 rings (SSSR count). The molecule has 0 aliphatic carbocycles. The van der Waals surface area contributed by atoms with E-state index in [9.17, 15) is 9.59 Å². The Hall–Kier alpha value is -2.66. The summed E-state index contributed by atoms with van der Waals surface area (Å²) < 4.78 is 0. The number of rotatable bonds is 4. The van der Waals surface area contributed by atoms with Crippen LogP contribution in [0.25, 0.3) is 0 Å². The highest BCUT2D eigenvalue weighted by molar-refractivity contribution is 6.01. The second-order valence-corrected chi connectivity index (χ2v) is 6.97. The molecule has 0 bridgehead atoms. The maximum absolute atomic E-state index is 13.1. The summed E-state index contributed by atoms with van der Waals surface area (Å²) in [5.74, 6) is -0.306. The predicted molar refractivity (Wildman–Crippen MR) is 103 cm³/mol. The van der Waals surface area contributed by atoms with Crippen LogP contribution in [-0.4, -0.2) is 36.3 Å². The van der Waals surface area contributed by atoms with Gasteiger partial charge in [-0.25, -0.2) is 0 Å². The second kappa shape index (κ2) is 7.30. The summed E-state index contributed by atoms with van der Waals surface area (Å²) >= 11 is 0. The zero-order valence-corrected chi connectivity index (χ0v) is 15.3. The van der Waals surface area contributed by atoms with E-state index in [4.69, 9.17) is 5.73 Å². The molecule has 2 N–H and O–H groups in total. The summed E-state index contributed by atoms with van der Waals surface area (Å²) in [5, 5.41) is 0. The molecular weight excluding hydrogens is 326 g/mol. The molecule has 1 fully saturated rings. The first-order valence-corrected chi connectivity index (χ1v) is 8.91. The van der Waals surface area contributed by atoms with Crippen LogP contribution in [0.15, 0.2) is 60.7 Å². The Kier molecular flexibility index (Phi) is 5.09. The second-order valence-electron chi connectivity index (χ2n) is 6.97. The highest BCUT2D eigenvalue weighted by Gasteiger charge is 2.40. The van der Waals surface area contributed by atoms with E-state index in [0.717, 1.165) is 17.7 Å². The molecule has 136 valence electrons. The molecule has 0 aromatic heterocycles. The van der Waals surface area contributed by atoms with Crippen molar-refractivity contribution in [3.05, 3.63) is 66.2 Å². The van der Waals surface area contributed by atoms with Gasteiger partial charge in [0.05, 0.1) is 0 Å². The molecule has 2 atom stereocenters. The molecule has 0 saturated carbocycles. The van der Waals surface area contributed by atoms with Crippen LogP contribution in [0.1, 0.15) is 25.3 Å². The molecule has 2 amide bonds. The molecule has 0 spiro atoms. The van der Waals surface area contributed by atoms with E-state index >= 15 is 0 Å². The summed E-state index contributed by atoms with van der Waals surface area (Å²) in [6.45, 7) is 2.36. The lowest BCUT2D eigenvalue weighted by Gasteiger charge is -2.39. The van der Waals surface area contributed by atoms with Crippen molar-refractivity contribution in [2.45, 2.75) is 31.3 Å². The van der Waals surface area contributed by atoms with Crippen molar-refractivity contribution in [2.75, 3.05) is 18.5 Å². The van der Waals surface area contributed by atoms with E-state index in [1.165, 1.54) is 4.90 Å². The Bertz CT molecular complexity index is 774. The van der Waals surface area contributed by atoms with Gasteiger partial charge in [-0.1, -0.05) is 48.5 Å². The fourth-order valence-corrected chi connectivity index (χ4v) is 3.50. The number of carbonyl (C=O) groups excluding carboxylic acids is 2. The van der Waals surface area contributed by atoms with Crippen molar-refractivity contribution in [1.29, 1.82) is 0 Å². The first kappa shape index (κ1) is 18.1. The third-order valence-electron chi connectivity index (χ3n) is 5.08. The van der Waals surface area contributed by atoms with E-state index in [2.05, 4.69) is 0 Å². The largest absolute Gasteiger partial charge is 0.332 e. The minimum absolute atomic E-state index is 0.0536. The first-order chi connectivity index (χ1) is 12.4. The monoisotopic (exact) mass is 351 g/mol. The van der Waals surface area contributed by atoms with Gasteiger partial charge in [0, 0.05) is 19.3 Å². The highest BCUT2D eigenvalue weighted by Crippen LogP contribution is 2.26. The van der Waals surface area contributed by atoms with Crippen LogP contribution >= 0.6 is 0 Å². The van der Waals surface area contributed by atoms with Crippen LogP contribution in [0.4, 0.5) is 5.69 Å². The number of hydrogen-bond donors (Lipinski definition) is 1. The van der Waals surface area contributed by atoms with E-state index in [-0.39, 0.29) is 11.8 Å². The highest BCUT2D eigenvalue weighted by atomic mass is 16.2. The molecule has 1 aliphatic rings. The SMILES string of the molecule is CN(C(=O)C(C)(N)c1ccccc1)C1CCCN(c2ccccc2)C1=O. The normalized spacial score (nSPS) is 19.7. The summed E-state index contributed by atoms with van der Waals surface area (Å²) in [6, 6.07) is 18.4. The van der Waals surface area contributed by atoms with Gasteiger partial charge < -0.3 is 15.5 Å². The molecule has 5 nitrogen and oxygen atoms in total. The molecular formula is C21H25N3O2. The fourth-order valence-electron chi connectivity index (χ4n) is 3.50. The van der Waals surface area contributed by atoms with Gasteiger partial charge in [-0.05, 0) is 37.5 Å². The third-order valence-corrected chi connectivity index (χ3v) is 5.08. The van der Waals surface area contributed by atoms with Gasteiger partial charge in [-0.3, -0.25) is 9.59 Å². The van der Waals surface area contributed by atoms with E-state index in [0.29, 0.717) is 13.0 Å². The summed E-state index contributed by atoms with van der Waals surface area (Å²) in [5.41, 5.74) is 6.79. The van der Waals surface area contributed by atoms with Crippen LogP contribution in [0.2, 0.25) is 0 Å². The maximum atomic E-state index is 13.1. The van der Waals surface area contributed by atoms with E-state index < -0.39 is 11.6 Å². The van der Waals surface area contributed by atoms with Gasteiger partial charge in [0.1, 0.15) is 11.6 Å². The maximum Gasteiger partial charge on any atom is 0.249 e. The number of anilines is 1. The van der Waals surface area contributed by atoms with Crippen molar-refractivity contribution in [1.82, 2.24) is 4.90 Å². The molecule has 0 radical (unpaired) electrons. The number of benzene rings is 2. The van der Waals surface area contributed by atoms with E-state index in [1.807, 2.05) is 60.7 Å². The predicted octanol–water partition coefficient (Wildman–Crippen LogP) is 2.51. The quantitative estimate of drug-likeness (QED) is 0.920. The summed E-state index contributed by atoms with van der Waals surface area (Å²) in [7, 11) is 1.67. The number of piperidine rings is 1. The Morgan fingerprint density at radius 2 is 1.69 bits per heavy atom. The van der Waals surface area contributed by atoms with Gasteiger partial charge in [0.25, 0.3) is 0 Å².